The molecule has 4 nitrogen and oxygen atoms in total. The molecule has 0 saturated carbocycles. The summed E-state index contributed by atoms with van der Waals surface area (Å²) in [5, 5.41) is 8.88. The standard InChI is InChI=1S/C45H32N4/c1-4-15-30(16-5-1)43-44(31-17-6-2-7-18-31)47-45(46-43)32-19-14-22-34(27-32)49-40-26-13-11-24-36(40)38-28-37-35-23-10-12-25-39(35)48(41(37)29-42(38)49)33-20-8-3-9-21-33/h1-29,43,45-46H. The van der Waals surface area contributed by atoms with E-state index >= 15 is 0 Å². The highest BCUT2D eigenvalue weighted by atomic mass is 15.2. The third-order valence-electron chi connectivity index (χ3n) is 9.99. The molecule has 4 heteroatoms. The molecule has 0 fully saturated rings. The monoisotopic (exact) mass is 628 g/mol. The number of rotatable bonds is 5. The molecule has 1 N–H and O–H groups in total. The van der Waals surface area contributed by atoms with E-state index in [1.165, 1.54) is 49.2 Å². The van der Waals surface area contributed by atoms with E-state index in [1.54, 1.807) is 0 Å². The first-order chi connectivity index (χ1) is 24.3. The van der Waals surface area contributed by atoms with Crippen molar-refractivity contribution in [2.45, 2.75) is 12.2 Å². The fourth-order valence-corrected chi connectivity index (χ4v) is 7.81. The fourth-order valence-electron chi connectivity index (χ4n) is 7.81. The van der Waals surface area contributed by atoms with Gasteiger partial charge in [-0.15, -0.1) is 0 Å². The van der Waals surface area contributed by atoms with Crippen LogP contribution in [0.3, 0.4) is 0 Å². The highest BCUT2D eigenvalue weighted by Gasteiger charge is 2.30. The Hall–Kier alpha value is -6.23. The molecule has 7 aromatic carbocycles. The molecular formula is C45H32N4. The van der Waals surface area contributed by atoms with Crippen LogP contribution in [-0.4, -0.2) is 14.8 Å². The second-order valence-electron chi connectivity index (χ2n) is 12.8. The van der Waals surface area contributed by atoms with Gasteiger partial charge < -0.3 is 9.13 Å². The summed E-state index contributed by atoms with van der Waals surface area (Å²) >= 11 is 0. The van der Waals surface area contributed by atoms with Crippen LogP contribution in [0.1, 0.15) is 28.9 Å². The third-order valence-corrected chi connectivity index (χ3v) is 9.99. The molecule has 0 saturated heterocycles. The van der Waals surface area contributed by atoms with Gasteiger partial charge in [0.2, 0.25) is 0 Å². The molecule has 1 aliphatic heterocycles. The summed E-state index contributed by atoms with van der Waals surface area (Å²) < 4.78 is 4.82. The number of hydrogen-bond donors (Lipinski definition) is 1. The number of benzene rings is 7. The summed E-state index contributed by atoms with van der Waals surface area (Å²) in [4.78, 5) is 5.34. The summed E-state index contributed by atoms with van der Waals surface area (Å²) in [7, 11) is 0. The maximum absolute atomic E-state index is 5.34. The van der Waals surface area contributed by atoms with Gasteiger partial charge >= 0.3 is 0 Å². The Kier molecular flexibility index (Phi) is 6.36. The molecule has 232 valence electrons. The lowest BCUT2D eigenvalue weighted by Crippen LogP contribution is -2.24. The van der Waals surface area contributed by atoms with Crippen molar-refractivity contribution in [2.24, 2.45) is 4.99 Å². The minimum Gasteiger partial charge on any atom is -0.309 e. The number of nitrogens with one attached hydrogen (secondary N) is 1. The van der Waals surface area contributed by atoms with Crippen LogP contribution >= 0.6 is 0 Å². The van der Waals surface area contributed by atoms with E-state index in [2.05, 4.69) is 190 Å². The molecule has 2 aromatic heterocycles. The molecule has 2 atom stereocenters. The Morgan fingerprint density at radius 2 is 0.939 bits per heavy atom. The summed E-state index contributed by atoms with van der Waals surface area (Å²) in [6.45, 7) is 0. The number of nitrogens with zero attached hydrogens (tertiary/aromatic N) is 3. The van der Waals surface area contributed by atoms with Crippen LogP contribution in [-0.2, 0) is 0 Å². The van der Waals surface area contributed by atoms with Gasteiger partial charge in [0.25, 0.3) is 0 Å². The minimum absolute atomic E-state index is 0.00122. The maximum Gasteiger partial charge on any atom is 0.126 e. The Morgan fingerprint density at radius 1 is 0.408 bits per heavy atom. The van der Waals surface area contributed by atoms with E-state index in [0.29, 0.717) is 0 Å². The average Bonchev–Trinajstić information content (AvgIpc) is 3.86. The second kappa shape index (κ2) is 11.2. The highest BCUT2D eigenvalue weighted by molar-refractivity contribution is 6.19. The summed E-state index contributed by atoms with van der Waals surface area (Å²) in [6, 6.07) is 63.0. The quantitative estimate of drug-likeness (QED) is 0.202. The predicted octanol–water partition coefficient (Wildman–Crippen LogP) is 10.7. The van der Waals surface area contributed by atoms with Crippen LogP contribution < -0.4 is 5.32 Å². The molecule has 1 aliphatic rings. The molecule has 3 heterocycles. The lowest BCUT2D eigenvalue weighted by atomic mass is 9.97. The number of fused-ring (bicyclic) bond motifs is 6. The van der Waals surface area contributed by atoms with Gasteiger partial charge in [0.05, 0.1) is 33.8 Å². The van der Waals surface area contributed by atoms with Gasteiger partial charge in [-0.05, 0) is 65.2 Å². The van der Waals surface area contributed by atoms with Crippen molar-refractivity contribution in [1.82, 2.24) is 14.5 Å². The van der Waals surface area contributed by atoms with Gasteiger partial charge in [-0.3, -0.25) is 10.3 Å². The topological polar surface area (TPSA) is 34.2 Å². The molecule has 49 heavy (non-hydrogen) atoms. The Balaban J connectivity index is 1.17. The molecule has 2 unspecified atom stereocenters. The number of hydrogen-bond acceptors (Lipinski definition) is 2. The van der Waals surface area contributed by atoms with Gasteiger partial charge in [0.1, 0.15) is 6.17 Å². The van der Waals surface area contributed by atoms with E-state index in [9.17, 15) is 0 Å². The van der Waals surface area contributed by atoms with E-state index < -0.39 is 0 Å². The van der Waals surface area contributed by atoms with Crippen molar-refractivity contribution in [3.05, 3.63) is 193 Å². The highest BCUT2D eigenvalue weighted by Crippen LogP contribution is 2.40. The molecule has 10 rings (SSSR count). The molecular weight excluding hydrogens is 597 g/mol. The van der Waals surface area contributed by atoms with Gasteiger partial charge in [0.15, 0.2) is 0 Å². The van der Waals surface area contributed by atoms with Crippen molar-refractivity contribution in [2.75, 3.05) is 0 Å². The summed E-state index contributed by atoms with van der Waals surface area (Å²) in [5.74, 6) is 0. The van der Waals surface area contributed by atoms with Crippen molar-refractivity contribution < 1.29 is 0 Å². The van der Waals surface area contributed by atoms with Crippen LogP contribution in [0.5, 0.6) is 0 Å². The first-order valence-corrected chi connectivity index (χ1v) is 16.9. The van der Waals surface area contributed by atoms with Gasteiger partial charge in [-0.25, -0.2) is 0 Å². The van der Waals surface area contributed by atoms with Crippen LogP contribution in [0.25, 0.3) is 55.0 Å². The Bertz CT molecular complexity index is 2690. The van der Waals surface area contributed by atoms with E-state index in [1.807, 2.05) is 0 Å². The average molecular weight is 629 g/mol. The van der Waals surface area contributed by atoms with E-state index in [-0.39, 0.29) is 12.2 Å². The van der Waals surface area contributed by atoms with Gasteiger partial charge in [0, 0.05) is 32.9 Å². The molecule has 0 amide bonds. The van der Waals surface area contributed by atoms with Gasteiger partial charge in [-0.2, -0.15) is 0 Å². The van der Waals surface area contributed by atoms with Crippen LogP contribution in [0, 0.1) is 0 Å². The molecule has 9 aromatic rings. The smallest absolute Gasteiger partial charge is 0.126 e. The normalized spacial score (nSPS) is 16.2. The summed E-state index contributed by atoms with van der Waals surface area (Å²) in [6.07, 6.45) is -0.180. The lowest BCUT2D eigenvalue weighted by molar-refractivity contribution is 0.573. The van der Waals surface area contributed by atoms with Crippen molar-refractivity contribution in [3.63, 3.8) is 0 Å². The first kappa shape index (κ1) is 27.8. The number of aromatic nitrogens is 2. The zero-order valence-electron chi connectivity index (χ0n) is 26.7. The third kappa shape index (κ3) is 4.46. The molecule has 0 radical (unpaired) electrons. The number of para-hydroxylation sites is 3. The van der Waals surface area contributed by atoms with Crippen molar-refractivity contribution >= 4 is 49.3 Å². The second-order valence-corrected chi connectivity index (χ2v) is 12.8. The van der Waals surface area contributed by atoms with E-state index in [0.717, 1.165) is 28.2 Å². The zero-order chi connectivity index (χ0) is 32.3. The van der Waals surface area contributed by atoms with Crippen LogP contribution in [0.2, 0.25) is 0 Å². The van der Waals surface area contributed by atoms with E-state index in [4.69, 9.17) is 4.99 Å². The minimum atomic E-state index is -0.180. The van der Waals surface area contributed by atoms with Crippen LogP contribution in [0.4, 0.5) is 0 Å². The molecule has 0 spiro atoms. The molecule has 0 bridgehead atoms. The van der Waals surface area contributed by atoms with Crippen molar-refractivity contribution in [3.8, 4) is 11.4 Å². The van der Waals surface area contributed by atoms with Crippen LogP contribution in [0.15, 0.2) is 181 Å². The first-order valence-electron chi connectivity index (χ1n) is 16.9. The lowest BCUT2D eigenvalue weighted by Gasteiger charge is -2.17. The summed E-state index contributed by atoms with van der Waals surface area (Å²) in [5.41, 5.74) is 11.6. The maximum atomic E-state index is 5.34. The largest absolute Gasteiger partial charge is 0.309 e. The zero-order valence-corrected chi connectivity index (χ0v) is 26.7. The van der Waals surface area contributed by atoms with Gasteiger partial charge in [-0.1, -0.05) is 127 Å². The van der Waals surface area contributed by atoms with Crippen molar-refractivity contribution in [1.29, 1.82) is 0 Å². The predicted molar refractivity (Wildman–Crippen MR) is 203 cm³/mol. The molecule has 0 aliphatic carbocycles. The fraction of sp³-hybridized carbons (Fsp3) is 0.0444. The Labute approximate surface area is 284 Å². The Morgan fingerprint density at radius 3 is 1.61 bits per heavy atom. The number of aliphatic imine (C=N–C) groups is 1. The SMILES string of the molecule is c1ccc(C2=NC(c3cccc(-n4c5ccccc5c5cc6c7ccccc7n(-c7ccccc7)c6cc54)c3)NC2c2ccccc2)cc1.